The van der Waals surface area contributed by atoms with Gasteiger partial charge in [0.1, 0.15) is 10.4 Å². The second-order valence-electron chi connectivity index (χ2n) is 19.0. The summed E-state index contributed by atoms with van der Waals surface area (Å²) in [6, 6.07) is 41.5. The van der Waals surface area contributed by atoms with Gasteiger partial charge in [-0.1, -0.05) is 129 Å². The summed E-state index contributed by atoms with van der Waals surface area (Å²) in [5.41, 5.74) is 16.0. The van der Waals surface area contributed by atoms with Crippen LogP contribution in [0.4, 0.5) is 17.1 Å². The van der Waals surface area contributed by atoms with E-state index in [9.17, 15) is 0 Å². The second-order valence-corrected chi connectivity index (χ2v) is 20.1. The van der Waals surface area contributed by atoms with Gasteiger partial charge in [0.25, 0.3) is 6.71 Å². The van der Waals surface area contributed by atoms with Crippen LogP contribution in [0.2, 0.25) is 0 Å². The van der Waals surface area contributed by atoms with Gasteiger partial charge in [0, 0.05) is 48.7 Å². The molecule has 0 saturated heterocycles. The van der Waals surface area contributed by atoms with Gasteiger partial charge < -0.3 is 13.9 Å². The fourth-order valence-corrected chi connectivity index (χ4v) is 10.7. The van der Waals surface area contributed by atoms with Crippen molar-refractivity contribution in [3.63, 3.8) is 0 Å². The molecule has 0 atom stereocenters. The number of fused-ring (bicyclic) bond motifs is 12. The molecule has 0 bridgehead atoms. The lowest BCUT2D eigenvalue weighted by atomic mass is 9.33. The monoisotopic (exact) mass is 732 g/mol. The van der Waals surface area contributed by atoms with Crippen molar-refractivity contribution in [2.45, 2.75) is 78.6 Å². The van der Waals surface area contributed by atoms with Crippen LogP contribution in [0, 0.1) is 0 Å². The van der Waals surface area contributed by atoms with Crippen molar-refractivity contribution in [3.8, 4) is 5.69 Å². The number of furan rings is 1. The van der Waals surface area contributed by atoms with Crippen molar-refractivity contribution in [2.75, 3.05) is 4.90 Å². The van der Waals surface area contributed by atoms with E-state index in [2.05, 4.69) is 181 Å². The lowest BCUT2D eigenvalue weighted by Gasteiger charge is -2.42. The minimum absolute atomic E-state index is 0.0271. The summed E-state index contributed by atoms with van der Waals surface area (Å²) in [6.07, 6.45) is 0. The molecule has 5 heteroatoms. The van der Waals surface area contributed by atoms with Crippen LogP contribution in [-0.4, -0.2) is 11.3 Å². The number of para-hydroxylation sites is 2. The van der Waals surface area contributed by atoms with Gasteiger partial charge in [0.05, 0.1) is 11.2 Å². The molecule has 9 aromatic rings. The smallest absolute Gasteiger partial charge is 0.252 e. The molecule has 3 aromatic heterocycles. The highest BCUT2D eigenvalue weighted by Crippen LogP contribution is 2.49. The predicted molar refractivity (Wildman–Crippen MR) is 239 cm³/mol. The highest BCUT2D eigenvalue weighted by atomic mass is 32.1. The summed E-state index contributed by atoms with van der Waals surface area (Å²) in [4.78, 5) is 3.89. The third-order valence-corrected chi connectivity index (χ3v) is 13.6. The minimum Gasteiger partial charge on any atom is -0.454 e. The minimum atomic E-state index is -0.0898. The Morgan fingerprint density at radius 1 is 0.527 bits per heavy atom. The van der Waals surface area contributed by atoms with E-state index < -0.39 is 0 Å². The van der Waals surface area contributed by atoms with E-state index >= 15 is 0 Å². The van der Waals surface area contributed by atoms with Crippen LogP contribution >= 0.6 is 11.3 Å². The number of aromatic nitrogens is 1. The summed E-state index contributed by atoms with van der Waals surface area (Å²) in [6.45, 7) is 21.2. The van der Waals surface area contributed by atoms with Crippen LogP contribution in [0.1, 0.15) is 79.0 Å². The van der Waals surface area contributed by atoms with Gasteiger partial charge in [-0.2, -0.15) is 0 Å². The van der Waals surface area contributed by atoms with Gasteiger partial charge in [0.2, 0.25) is 0 Å². The van der Waals surface area contributed by atoms with Gasteiger partial charge in [0.15, 0.2) is 5.58 Å². The Morgan fingerprint density at radius 3 is 1.95 bits per heavy atom. The topological polar surface area (TPSA) is 21.3 Å². The number of hydrogen-bond acceptors (Lipinski definition) is 3. The van der Waals surface area contributed by atoms with E-state index in [4.69, 9.17) is 4.42 Å². The Bertz CT molecular complexity index is 3120. The van der Waals surface area contributed by atoms with E-state index in [0.717, 1.165) is 27.6 Å². The van der Waals surface area contributed by atoms with Crippen LogP contribution < -0.4 is 21.3 Å². The van der Waals surface area contributed by atoms with Gasteiger partial charge in [-0.3, -0.25) is 0 Å². The lowest BCUT2D eigenvalue weighted by molar-refractivity contribution is 0.589. The molecule has 270 valence electrons. The van der Waals surface area contributed by atoms with Gasteiger partial charge in [-0.05, 0) is 91.8 Å². The van der Waals surface area contributed by atoms with Crippen LogP contribution in [0.5, 0.6) is 0 Å². The lowest BCUT2D eigenvalue weighted by Crippen LogP contribution is -2.60. The fourth-order valence-electron chi connectivity index (χ4n) is 9.48. The first kappa shape index (κ1) is 33.1. The van der Waals surface area contributed by atoms with Crippen molar-refractivity contribution in [2.24, 2.45) is 0 Å². The molecule has 0 radical (unpaired) electrons. The van der Waals surface area contributed by atoms with Crippen molar-refractivity contribution in [3.05, 3.63) is 126 Å². The molecule has 0 unspecified atom stereocenters. The number of hydrogen-bond donors (Lipinski definition) is 0. The largest absolute Gasteiger partial charge is 0.454 e. The van der Waals surface area contributed by atoms with Gasteiger partial charge in [-0.15, -0.1) is 11.3 Å². The molecule has 0 spiro atoms. The first-order valence-corrected chi connectivity index (χ1v) is 20.5. The number of thiophene rings is 1. The molecular weight excluding hydrogens is 687 g/mol. The first-order valence-electron chi connectivity index (χ1n) is 19.7. The maximum Gasteiger partial charge on any atom is 0.252 e. The molecule has 2 aliphatic rings. The van der Waals surface area contributed by atoms with Gasteiger partial charge in [-0.25, -0.2) is 0 Å². The quantitative estimate of drug-likeness (QED) is 0.157. The highest BCUT2D eigenvalue weighted by molar-refractivity contribution is 7.26. The number of benzene rings is 6. The number of anilines is 3. The van der Waals surface area contributed by atoms with Gasteiger partial charge >= 0.3 is 0 Å². The Hall–Kier alpha value is -5.26. The molecule has 55 heavy (non-hydrogen) atoms. The Labute approximate surface area is 327 Å². The first-order chi connectivity index (χ1) is 26.2. The average molecular weight is 733 g/mol. The van der Waals surface area contributed by atoms with E-state index in [0.29, 0.717) is 0 Å². The van der Waals surface area contributed by atoms with Crippen LogP contribution in [0.25, 0.3) is 58.8 Å². The van der Waals surface area contributed by atoms with E-state index in [1.807, 2.05) is 11.3 Å². The van der Waals surface area contributed by atoms with Crippen LogP contribution in [-0.2, 0) is 16.2 Å². The molecule has 0 fully saturated rings. The molecule has 0 amide bonds. The molecule has 3 nitrogen and oxygen atoms in total. The zero-order chi connectivity index (χ0) is 37.9. The predicted octanol–water partition coefficient (Wildman–Crippen LogP) is 12.4. The summed E-state index contributed by atoms with van der Waals surface area (Å²) in [5, 5.41) is 6.38. The summed E-state index contributed by atoms with van der Waals surface area (Å²) < 4.78 is 10.8. The second kappa shape index (κ2) is 10.7. The Morgan fingerprint density at radius 2 is 1.18 bits per heavy atom. The molecule has 0 saturated carbocycles. The molecule has 6 aromatic carbocycles. The third-order valence-electron chi connectivity index (χ3n) is 12.4. The maximum absolute atomic E-state index is 6.85. The summed E-state index contributed by atoms with van der Waals surface area (Å²) >= 11 is 1.93. The normalized spacial score (nSPS) is 14.2. The van der Waals surface area contributed by atoms with Crippen molar-refractivity contribution in [1.29, 1.82) is 0 Å². The third kappa shape index (κ3) is 4.51. The van der Waals surface area contributed by atoms with Crippen molar-refractivity contribution >= 4 is 105 Å². The Balaban J connectivity index is 1.35. The highest BCUT2D eigenvalue weighted by Gasteiger charge is 2.44. The standard InChI is InChI=1S/C50H45BN2OS/c1-48(2,3)28-21-22-35-38(25-28)52(37-18-14-17-32-31-15-10-12-19-41(31)54-46(32)37)39-26-30(50(7,8)9)27-40-44(39)51(35)36-24-29(49(4,5)6)23-34-43-33-16-11-13-20-42(33)55-47(43)53(40)45(34)36/h10-27H,1-9H3. The molecular formula is C50H45BN2OS. The molecule has 11 rings (SSSR count). The zero-order valence-corrected chi connectivity index (χ0v) is 34.0. The zero-order valence-electron chi connectivity index (χ0n) is 33.2. The van der Waals surface area contributed by atoms with Crippen molar-refractivity contribution in [1.82, 2.24) is 4.57 Å². The van der Waals surface area contributed by atoms with E-state index in [-0.39, 0.29) is 23.0 Å². The Kier molecular flexibility index (Phi) is 6.46. The van der Waals surface area contributed by atoms with Crippen LogP contribution in [0.3, 0.4) is 0 Å². The van der Waals surface area contributed by atoms with E-state index in [1.165, 1.54) is 81.3 Å². The maximum atomic E-state index is 6.85. The molecule has 0 aliphatic carbocycles. The molecule has 5 heterocycles. The SMILES string of the molecule is CC(C)(C)c1ccc2c(c1)N(c1cccc3c1oc1ccccc13)c1cc(C(C)(C)C)cc3c1B2c1cc(C(C)(C)C)cc2c4c5ccccc5sc4n-3c12. The average Bonchev–Trinajstić information content (AvgIpc) is 3.81. The summed E-state index contributed by atoms with van der Waals surface area (Å²) in [5.74, 6) is 0. The number of nitrogens with zero attached hydrogens (tertiary/aromatic N) is 2. The molecule has 0 N–H and O–H groups in total. The number of rotatable bonds is 1. The van der Waals surface area contributed by atoms with Crippen molar-refractivity contribution < 1.29 is 4.42 Å². The van der Waals surface area contributed by atoms with Crippen LogP contribution in [0.15, 0.2) is 114 Å². The summed E-state index contributed by atoms with van der Waals surface area (Å²) in [7, 11) is 0. The fraction of sp³-hybridized carbons (Fsp3) is 0.240. The molecule has 2 aliphatic heterocycles. The van der Waals surface area contributed by atoms with E-state index in [1.54, 1.807) is 0 Å².